The SMILES string of the molecule is CC(Oc1ccc(C#N)cn1)C(F)(F)F. The van der Waals surface area contributed by atoms with Crippen molar-refractivity contribution in [2.24, 2.45) is 0 Å². The number of rotatable bonds is 2. The molecule has 0 saturated heterocycles. The molecular formula is C9H7F3N2O. The number of pyridine rings is 1. The van der Waals surface area contributed by atoms with Gasteiger partial charge in [0, 0.05) is 12.3 Å². The van der Waals surface area contributed by atoms with Crippen LogP contribution in [0.3, 0.4) is 0 Å². The van der Waals surface area contributed by atoms with Crippen molar-refractivity contribution in [3.63, 3.8) is 0 Å². The van der Waals surface area contributed by atoms with E-state index in [1.54, 1.807) is 6.07 Å². The third kappa shape index (κ3) is 3.13. The fraction of sp³-hybridized carbons (Fsp3) is 0.333. The summed E-state index contributed by atoms with van der Waals surface area (Å²) in [5.74, 6) is -0.154. The summed E-state index contributed by atoms with van der Waals surface area (Å²) in [6.07, 6.45) is -5.19. The van der Waals surface area contributed by atoms with Gasteiger partial charge in [-0.1, -0.05) is 0 Å². The van der Waals surface area contributed by atoms with E-state index in [0.29, 0.717) is 0 Å². The van der Waals surface area contributed by atoms with Crippen LogP contribution in [0.2, 0.25) is 0 Å². The number of nitrogens with zero attached hydrogens (tertiary/aromatic N) is 2. The fourth-order valence-corrected chi connectivity index (χ4v) is 0.764. The average Bonchev–Trinajstić information content (AvgIpc) is 2.17. The largest absolute Gasteiger partial charge is 0.465 e. The Labute approximate surface area is 84.1 Å². The van der Waals surface area contributed by atoms with E-state index in [2.05, 4.69) is 9.72 Å². The quantitative estimate of drug-likeness (QED) is 0.761. The van der Waals surface area contributed by atoms with Crippen LogP contribution in [0.4, 0.5) is 13.2 Å². The Hall–Kier alpha value is -1.77. The van der Waals surface area contributed by atoms with E-state index in [-0.39, 0.29) is 11.4 Å². The number of hydrogen-bond donors (Lipinski definition) is 0. The number of hydrogen-bond acceptors (Lipinski definition) is 3. The molecule has 0 amide bonds. The lowest BCUT2D eigenvalue weighted by Crippen LogP contribution is -2.31. The van der Waals surface area contributed by atoms with E-state index in [4.69, 9.17) is 5.26 Å². The van der Waals surface area contributed by atoms with Crippen LogP contribution in [0.5, 0.6) is 5.88 Å². The minimum Gasteiger partial charge on any atom is -0.465 e. The lowest BCUT2D eigenvalue weighted by Gasteiger charge is -2.16. The smallest absolute Gasteiger partial charge is 0.425 e. The topological polar surface area (TPSA) is 45.9 Å². The molecule has 0 N–H and O–H groups in total. The zero-order chi connectivity index (χ0) is 11.5. The Kier molecular flexibility index (Phi) is 3.14. The average molecular weight is 216 g/mol. The van der Waals surface area contributed by atoms with Crippen LogP contribution in [-0.4, -0.2) is 17.3 Å². The molecule has 1 atom stereocenters. The summed E-state index contributed by atoms with van der Waals surface area (Å²) >= 11 is 0. The summed E-state index contributed by atoms with van der Waals surface area (Å²) < 4.78 is 40.8. The highest BCUT2D eigenvalue weighted by atomic mass is 19.4. The van der Waals surface area contributed by atoms with Gasteiger partial charge in [-0.3, -0.25) is 0 Å². The highest BCUT2D eigenvalue weighted by Gasteiger charge is 2.38. The minimum absolute atomic E-state index is 0.154. The van der Waals surface area contributed by atoms with Crippen LogP contribution in [0.25, 0.3) is 0 Å². The molecule has 0 aliphatic rings. The Morgan fingerprint density at radius 1 is 1.47 bits per heavy atom. The van der Waals surface area contributed by atoms with Gasteiger partial charge in [-0.15, -0.1) is 0 Å². The summed E-state index contributed by atoms with van der Waals surface area (Å²) in [6, 6.07) is 4.36. The van der Waals surface area contributed by atoms with E-state index in [1.165, 1.54) is 12.1 Å². The number of aromatic nitrogens is 1. The fourth-order valence-electron chi connectivity index (χ4n) is 0.764. The van der Waals surface area contributed by atoms with Gasteiger partial charge >= 0.3 is 6.18 Å². The van der Waals surface area contributed by atoms with Crippen molar-refractivity contribution < 1.29 is 17.9 Å². The second-order valence-electron chi connectivity index (χ2n) is 2.80. The van der Waals surface area contributed by atoms with Crippen LogP contribution in [-0.2, 0) is 0 Å². The Bertz CT molecular complexity index is 366. The molecule has 3 nitrogen and oxygen atoms in total. The molecule has 1 unspecified atom stereocenters. The molecule has 0 radical (unpaired) electrons. The zero-order valence-corrected chi connectivity index (χ0v) is 7.75. The van der Waals surface area contributed by atoms with Crippen molar-refractivity contribution in [1.82, 2.24) is 4.98 Å². The normalized spacial score (nSPS) is 13.0. The third-order valence-corrected chi connectivity index (χ3v) is 1.62. The van der Waals surface area contributed by atoms with Gasteiger partial charge in [-0.25, -0.2) is 4.98 Å². The van der Waals surface area contributed by atoms with Gasteiger partial charge in [0.05, 0.1) is 5.56 Å². The van der Waals surface area contributed by atoms with Gasteiger partial charge in [0.25, 0.3) is 0 Å². The molecule has 1 aromatic rings. The summed E-state index contributed by atoms with van der Waals surface area (Å²) in [5.41, 5.74) is 0.266. The van der Waals surface area contributed by atoms with Gasteiger partial charge in [-0.2, -0.15) is 18.4 Å². The standard InChI is InChI=1S/C9H7F3N2O/c1-6(9(10,11)12)15-8-3-2-7(4-13)5-14-8/h2-3,5-6H,1H3. The van der Waals surface area contributed by atoms with E-state index < -0.39 is 12.3 Å². The highest BCUT2D eigenvalue weighted by Crippen LogP contribution is 2.23. The Morgan fingerprint density at radius 3 is 2.53 bits per heavy atom. The van der Waals surface area contributed by atoms with Crippen molar-refractivity contribution >= 4 is 0 Å². The van der Waals surface area contributed by atoms with Crippen LogP contribution >= 0.6 is 0 Å². The van der Waals surface area contributed by atoms with Crippen LogP contribution in [0.1, 0.15) is 12.5 Å². The maximum atomic E-state index is 12.1. The second kappa shape index (κ2) is 4.17. The van der Waals surface area contributed by atoms with Gasteiger partial charge < -0.3 is 4.74 Å². The summed E-state index contributed by atoms with van der Waals surface area (Å²) in [7, 11) is 0. The number of ether oxygens (including phenoxy) is 1. The summed E-state index contributed by atoms with van der Waals surface area (Å²) in [4.78, 5) is 3.56. The molecule has 6 heteroatoms. The first-order valence-electron chi connectivity index (χ1n) is 4.03. The molecule has 80 valence electrons. The number of halogens is 3. The van der Waals surface area contributed by atoms with Gasteiger partial charge in [0.15, 0.2) is 6.10 Å². The van der Waals surface area contributed by atoms with Crippen molar-refractivity contribution in [3.05, 3.63) is 23.9 Å². The lowest BCUT2D eigenvalue weighted by molar-refractivity contribution is -0.189. The zero-order valence-electron chi connectivity index (χ0n) is 7.75. The van der Waals surface area contributed by atoms with E-state index in [0.717, 1.165) is 13.1 Å². The second-order valence-corrected chi connectivity index (χ2v) is 2.80. The van der Waals surface area contributed by atoms with Crippen LogP contribution in [0.15, 0.2) is 18.3 Å². The maximum absolute atomic E-state index is 12.1. The van der Waals surface area contributed by atoms with E-state index in [9.17, 15) is 13.2 Å². The van der Waals surface area contributed by atoms with Gasteiger partial charge in [0.2, 0.25) is 5.88 Å². The van der Waals surface area contributed by atoms with Gasteiger partial charge in [-0.05, 0) is 13.0 Å². The van der Waals surface area contributed by atoms with E-state index in [1.807, 2.05) is 0 Å². The molecule has 0 aliphatic carbocycles. The molecule has 1 heterocycles. The minimum atomic E-state index is -4.42. The molecule has 15 heavy (non-hydrogen) atoms. The van der Waals surface area contributed by atoms with Crippen molar-refractivity contribution in [2.75, 3.05) is 0 Å². The third-order valence-electron chi connectivity index (χ3n) is 1.62. The molecule has 1 aromatic heterocycles. The predicted octanol–water partition coefficient (Wildman–Crippen LogP) is 2.28. The van der Waals surface area contributed by atoms with Crippen LogP contribution < -0.4 is 4.74 Å². The molecule has 1 rings (SSSR count). The Balaban J connectivity index is 2.70. The monoisotopic (exact) mass is 216 g/mol. The first-order chi connectivity index (χ1) is 6.93. The Morgan fingerprint density at radius 2 is 2.13 bits per heavy atom. The first kappa shape index (κ1) is 11.3. The summed E-state index contributed by atoms with van der Waals surface area (Å²) in [5, 5.41) is 8.43. The molecular weight excluding hydrogens is 209 g/mol. The van der Waals surface area contributed by atoms with E-state index >= 15 is 0 Å². The molecule has 0 saturated carbocycles. The maximum Gasteiger partial charge on any atom is 0.425 e. The molecule has 0 aliphatic heterocycles. The first-order valence-corrected chi connectivity index (χ1v) is 4.03. The van der Waals surface area contributed by atoms with Gasteiger partial charge in [0.1, 0.15) is 6.07 Å². The summed E-state index contributed by atoms with van der Waals surface area (Å²) in [6.45, 7) is 0.889. The molecule has 0 spiro atoms. The molecule has 0 bridgehead atoms. The van der Waals surface area contributed by atoms with Crippen molar-refractivity contribution in [2.45, 2.75) is 19.2 Å². The molecule has 0 aromatic carbocycles. The predicted molar refractivity (Wildman–Crippen MR) is 45.1 cm³/mol. The van der Waals surface area contributed by atoms with Crippen molar-refractivity contribution in [1.29, 1.82) is 5.26 Å². The molecule has 0 fully saturated rings. The number of alkyl halides is 3. The van der Waals surface area contributed by atoms with Crippen molar-refractivity contribution in [3.8, 4) is 11.9 Å². The van der Waals surface area contributed by atoms with Crippen LogP contribution in [0, 0.1) is 11.3 Å². The highest BCUT2D eigenvalue weighted by molar-refractivity contribution is 5.28. The lowest BCUT2D eigenvalue weighted by atomic mass is 10.3. The number of nitriles is 1.